The highest BCUT2D eigenvalue weighted by Crippen LogP contribution is 2.21. The number of benzene rings is 2. The van der Waals surface area contributed by atoms with Crippen LogP contribution in [-0.2, 0) is 0 Å². The van der Waals surface area contributed by atoms with Crippen LogP contribution in [0.3, 0.4) is 0 Å². The van der Waals surface area contributed by atoms with Gasteiger partial charge in [-0.25, -0.2) is 0 Å². The Bertz CT molecular complexity index is 653. The van der Waals surface area contributed by atoms with Crippen LogP contribution in [0.5, 0.6) is 0 Å². The summed E-state index contributed by atoms with van der Waals surface area (Å²) in [5.74, 6) is -0.0941. The van der Waals surface area contributed by atoms with Crippen molar-refractivity contribution in [3.05, 3.63) is 58.6 Å². The number of hydrogen-bond donors (Lipinski definition) is 3. The summed E-state index contributed by atoms with van der Waals surface area (Å²) in [6.07, 6.45) is 0. The SMILES string of the molecule is CC(C)(CNC(=O)c1ccc(Br)cc1)Nc1ccccc1N. The third-order valence-electron chi connectivity index (χ3n) is 3.23. The van der Waals surface area contributed by atoms with Gasteiger partial charge >= 0.3 is 0 Å². The van der Waals surface area contributed by atoms with Crippen LogP contribution in [0.15, 0.2) is 53.0 Å². The topological polar surface area (TPSA) is 67.2 Å². The van der Waals surface area contributed by atoms with E-state index in [4.69, 9.17) is 5.73 Å². The number of hydrogen-bond acceptors (Lipinski definition) is 3. The number of nitrogens with one attached hydrogen (secondary N) is 2. The first-order valence-corrected chi connectivity index (χ1v) is 7.83. The van der Waals surface area contributed by atoms with Crippen LogP contribution in [-0.4, -0.2) is 18.0 Å². The molecule has 22 heavy (non-hydrogen) atoms. The number of nitrogen functional groups attached to an aromatic ring is 1. The van der Waals surface area contributed by atoms with Gasteiger partial charge in [-0.05, 0) is 50.2 Å². The molecule has 0 radical (unpaired) electrons. The molecule has 1 amide bonds. The quantitative estimate of drug-likeness (QED) is 0.712. The maximum atomic E-state index is 12.1. The molecule has 0 spiro atoms. The van der Waals surface area contributed by atoms with Crippen LogP contribution < -0.4 is 16.4 Å². The van der Waals surface area contributed by atoms with Gasteiger partial charge in [-0.15, -0.1) is 0 Å². The van der Waals surface area contributed by atoms with Gasteiger partial charge in [-0.3, -0.25) is 4.79 Å². The van der Waals surface area contributed by atoms with Gasteiger partial charge in [0.25, 0.3) is 5.91 Å². The van der Waals surface area contributed by atoms with Gasteiger partial charge in [0, 0.05) is 22.1 Å². The lowest BCUT2D eigenvalue weighted by Gasteiger charge is -2.28. The molecular weight excluding hydrogens is 342 g/mol. The molecule has 0 aliphatic rings. The Morgan fingerprint density at radius 3 is 2.41 bits per heavy atom. The zero-order chi connectivity index (χ0) is 16.2. The second kappa shape index (κ2) is 6.83. The molecule has 0 aliphatic heterocycles. The van der Waals surface area contributed by atoms with Crippen molar-refractivity contribution in [1.82, 2.24) is 5.32 Å². The molecule has 0 unspecified atom stereocenters. The van der Waals surface area contributed by atoms with Crippen LogP contribution in [0, 0.1) is 0 Å². The number of carbonyl (C=O) groups is 1. The largest absolute Gasteiger partial charge is 0.397 e. The van der Waals surface area contributed by atoms with Gasteiger partial charge in [0.1, 0.15) is 0 Å². The second-order valence-corrected chi connectivity index (χ2v) is 6.70. The van der Waals surface area contributed by atoms with Gasteiger partial charge in [-0.2, -0.15) is 0 Å². The normalized spacial score (nSPS) is 11.0. The first kappa shape index (κ1) is 16.4. The van der Waals surface area contributed by atoms with Gasteiger partial charge in [0.05, 0.1) is 11.4 Å². The van der Waals surface area contributed by atoms with Crippen molar-refractivity contribution in [2.75, 3.05) is 17.6 Å². The summed E-state index contributed by atoms with van der Waals surface area (Å²) in [5.41, 5.74) is 7.81. The molecule has 0 saturated heterocycles. The number of halogens is 1. The third-order valence-corrected chi connectivity index (χ3v) is 3.76. The Balaban J connectivity index is 1.96. The maximum absolute atomic E-state index is 12.1. The highest BCUT2D eigenvalue weighted by Gasteiger charge is 2.19. The lowest BCUT2D eigenvalue weighted by Crippen LogP contribution is -2.44. The number of rotatable bonds is 5. The molecular formula is C17H20BrN3O. The molecule has 5 heteroatoms. The standard InChI is InChI=1S/C17H20BrN3O/c1-17(2,21-15-6-4-3-5-14(15)19)11-20-16(22)12-7-9-13(18)10-8-12/h3-10,21H,11,19H2,1-2H3,(H,20,22). The van der Waals surface area contributed by atoms with E-state index in [1.165, 1.54) is 0 Å². The van der Waals surface area contributed by atoms with Crippen molar-refractivity contribution in [2.45, 2.75) is 19.4 Å². The molecule has 2 rings (SSSR count). The van der Waals surface area contributed by atoms with Gasteiger partial charge < -0.3 is 16.4 Å². The minimum Gasteiger partial charge on any atom is -0.397 e. The van der Waals surface area contributed by atoms with Crippen LogP contribution in [0.4, 0.5) is 11.4 Å². The monoisotopic (exact) mass is 361 g/mol. The van der Waals surface area contributed by atoms with E-state index >= 15 is 0 Å². The third kappa shape index (κ3) is 4.49. The van der Waals surface area contributed by atoms with Crippen LogP contribution in [0.25, 0.3) is 0 Å². The van der Waals surface area contributed by atoms with Crippen molar-refractivity contribution >= 4 is 33.2 Å². The molecule has 2 aromatic carbocycles. The van der Waals surface area contributed by atoms with E-state index in [0.29, 0.717) is 17.8 Å². The Labute approximate surface area is 139 Å². The van der Waals surface area contributed by atoms with E-state index in [2.05, 4.69) is 26.6 Å². The van der Waals surface area contributed by atoms with E-state index in [0.717, 1.165) is 10.2 Å². The fourth-order valence-electron chi connectivity index (χ4n) is 2.02. The van der Waals surface area contributed by atoms with Crippen molar-refractivity contribution < 1.29 is 4.79 Å². The number of amides is 1. The summed E-state index contributed by atoms with van der Waals surface area (Å²) in [6.45, 7) is 4.51. The Morgan fingerprint density at radius 1 is 1.14 bits per heavy atom. The van der Waals surface area contributed by atoms with Crippen molar-refractivity contribution in [3.63, 3.8) is 0 Å². The predicted octanol–water partition coefficient (Wildman–Crippen LogP) is 3.65. The number of para-hydroxylation sites is 2. The summed E-state index contributed by atoms with van der Waals surface area (Å²) >= 11 is 3.36. The van der Waals surface area contributed by atoms with E-state index in [1.807, 2.05) is 50.2 Å². The minimum absolute atomic E-state index is 0.0941. The summed E-state index contributed by atoms with van der Waals surface area (Å²) in [4.78, 5) is 12.1. The van der Waals surface area contributed by atoms with Crippen LogP contribution in [0.2, 0.25) is 0 Å². The smallest absolute Gasteiger partial charge is 0.251 e. The molecule has 4 N–H and O–H groups in total. The molecule has 0 aliphatic carbocycles. The molecule has 0 atom stereocenters. The van der Waals surface area contributed by atoms with Crippen molar-refractivity contribution in [2.24, 2.45) is 0 Å². The van der Waals surface area contributed by atoms with E-state index in [9.17, 15) is 4.79 Å². The van der Waals surface area contributed by atoms with Crippen LogP contribution >= 0.6 is 15.9 Å². The molecule has 4 nitrogen and oxygen atoms in total. The Kier molecular flexibility index (Phi) is 5.08. The lowest BCUT2D eigenvalue weighted by molar-refractivity contribution is 0.0947. The Hall–Kier alpha value is -2.01. The van der Waals surface area contributed by atoms with Crippen molar-refractivity contribution in [3.8, 4) is 0 Å². The Morgan fingerprint density at radius 2 is 1.77 bits per heavy atom. The fraction of sp³-hybridized carbons (Fsp3) is 0.235. The molecule has 0 fully saturated rings. The average Bonchev–Trinajstić information content (AvgIpc) is 2.48. The second-order valence-electron chi connectivity index (χ2n) is 5.79. The highest BCUT2D eigenvalue weighted by atomic mass is 79.9. The zero-order valence-electron chi connectivity index (χ0n) is 12.7. The lowest BCUT2D eigenvalue weighted by atomic mass is 10.0. The average molecular weight is 362 g/mol. The van der Waals surface area contributed by atoms with E-state index < -0.39 is 0 Å². The minimum atomic E-state index is -0.319. The number of nitrogens with two attached hydrogens (primary N) is 1. The summed E-state index contributed by atoms with van der Waals surface area (Å²) in [7, 11) is 0. The molecule has 0 bridgehead atoms. The van der Waals surface area contributed by atoms with Crippen LogP contribution in [0.1, 0.15) is 24.2 Å². The number of carbonyl (C=O) groups excluding carboxylic acids is 1. The predicted molar refractivity (Wildman–Crippen MR) is 95.0 cm³/mol. The summed E-state index contributed by atoms with van der Waals surface area (Å²) < 4.78 is 0.950. The van der Waals surface area contributed by atoms with Gasteiger partial charge in [0.2, 0.25) is 0 Å². The molecule has 2 aromatic rings. The van der Waals surface area contributed by atoms with E-state index in [-0.39, 0.29) is 11.4 Å². The molecule has 0 aromatic heterocycles. The molecule has 0 heterocycles. The maximum Gasteiger partial charge on any atom is 0.251 e. The van der Waals surface area contributed by atoms with E-state index in [1.54, 1.807) is 12.1 Å². The summed E-state index contributed by atoms with van der Waals surface area (Å²) in [5, 5.41) is 6.30. The highest BCUT2D eigenvalue weighted by molar-refractivity contribution is 9.10. The molecule has 116 valence electrons. The summed E-state index contributed by atoms with van der Waals surface area (Å²) in [6, 6.07) is 14.9. The first-order chi connectivity index (χ1) is 10.4. The van der Waals surface area contributed by atoms with Gasteiger partial charge in [0.15, 0.2) is 0 Å². The first-order valence-electron chi connectivity index (χ1n) is 7.04. The number of anilines is 2. The van der Waals surface area contributed by atoms with Gasteiger partial charge in [-0.1, -0.05) is 28.1 Å². The fourth-order valence-corrected chi connectivity index (χ4v) is 2.29. The molecule has 0 saturated carbocycles. The van der Waals surface area contributed by atoms with Crippen molar-refractivity contribution in [1.29, 1.82) is 0 Å². The zero-order valence-corrected chi connectivity index (χ0v) is 14.3.